The molecule has 29 heavy (non-hydrogen) atoms. The molecule has 0 radical (unpaired) electrons. The molecule has 148 valence electrons. The van der Waals surface area contributed by atoms with E-state index in [0.29, 0.717) is 6.54 Å². The van der Waals surface area contributed by atoms with E-state index < -0.39 is 0 Å². The van der Waals surface area contributed by atoms with Crippen molar-refractivity contribution in [2.75, 3.05) is 32.1 Å². The lowest BCUT2D eigenvalue weighted by molar-refractivity contribution is 0.0987. The fourth-order valence-corrected chi connectivity index (χ4v) is 4.49. The number of thiazole rings is 1. The van der Waals surface area contributed by atoms with Crippen LogP contribution in [0.1, 0.15) is 22.8 Å². The highest BCUT2D eigenvalue weighted by Gasteiger charge is 2.23. The highest BCUT2D eigenvalue weighted by atomic mass is 32.1. The minimum atomic E-state index is -0.00146. The SMILES string of the molecule is CCc1ccc2nc(N(CCN(C)C)C(=O)c3cccc4ccccc34)sc2c1. The first-order valence-electron chi connectivity index (χ1n) is 9.90. The third-order valence-corrected chi connectivity index (χ3v) is 6.16. The molecule has 1 heterocycles. The number of nitrogens with zero attached hydrogens (tertiary/aromatic N) is 3. The maximum absolute atomic E-state index is 13.6. The molecule has 0 aliphatic rings. The van der Waals surface area contributed by atoms with Gasteiger partial charge in [0.05, 0.1) is 10.2 Å². The quantitative estimate of drug-likeness (QED) is 0.443. The average molecular weight is 404 g/mol. The molecule has 0 spiro atoms. The van der Waals surface area contributed by atoms with Crippen LogP contribution in [0.15, 0.2) is 60.7 Å². The number of carbonyl (C=O) groups is 1. The number of amides is 1. The van der Waals surface area contributed by atoms with Gasteiger partial charge in [0, 0.05) is 18.7 Å². The average Bonchev–Trinajstić information content (AvgIpc) is 3.15. The van der Waals surface area contributed by atoms with E-state index in [1.54, 1.807) is 11.3 Å². The number of fused-ring (bicyclic) bond motifs is 2. The molecule has 0 bridgehead atoms. The van der Waals surface area contributed by atoms with E-state index in [4.69, 9.17) is 4.98 Å². The summed E-state index contributed by atoms with van der Waals surface area (Å²) in [6, 6.07) is 20.3. The van der Waals surface area contributed by atoms with Crippen LogP contribution >= 0.6 is 11.3 Å². The van der Waals surface area contributed by atoms with E-state index >= 15 is 0 Å². The van der Waals surface area contributed by atoms with Crippen LogP contribution < -0.4 is 4.90 Å². The summed E-state index contributed by atoms with van der Waals surface area (Å²) in [5, 5.41) is 2.81. The Bertz CT molecular complexity index is 1160. The van der Waals surface area contributed by atoms with Crippen molar-refractivity contribution in [1.29, 1.82) is 0 Å². The monoisotopic (exact) mass is 403 g/mol. The van der Waals surface area contributed by atoms with Crippen molar-refractivity contribution in [3.63, 3.8) is 0 Å². The first-order valence-corrected chi connectivity index (χ1v) is 10.7. The first kappa shape index (κ1) is 19.6. The molecule has 0 unspecified atom stereocenters. The summed E-state index contributed by atoms with van der Waals surface area (Å²) >= 11 is 1.59. The number of aromatic nitrogens is 1. The molecule has 4 aromatic rings. The molecule has 4 nitrogen and oxygen atoms in total. The van der Waals surface area contributed by atoms with E-state index in [1.165, 1.54) is 5.56 Å². The lowest BCUT2D eigenvalue weighted by Crippen LogP contribution is -2.36. The standard InChI is InChI=1S/C24H25N3OS/c1-4-17-12-13-21-22(16-17)29-24(25-21)27(15-14-26(2)3)23(28)20-11-7-9-18-8-5-6-10-19(18)20/h5-13,16H,4,14-15H2,1-3H3. The van der Waals surface area contributed by atoms with Crippen molar-refractivity contribution in [2.24, 2.45) is 0 Å². The molecule has 0 fully saturated rings. The summed E-state index contributed by atoms with van der Waals surface area (Å²) in [6.07, 6.45) is 0.989. The summed E-state index contributed by atoms with van der Waals surface area (Å²) < 4.78 is 1.12. The fourth-order valence-electron chi connectivity index (χ4n) is 3.43. The Labute approximate surface area is 175 Å². The number of benzene rings is 3. The highest BCUT2D eigenvalue weighted by molar-refractivity contribution is 7.22. The molecule has 0 saturated heterocycles. The highest BCUT2D eigenvalue weighted by Crippen LogP contribution is 2.31. The zero-order valence-corrected chi connectivity index (χ0v) is 17.9. The Balaban J connectivity index is 1.78. The molecule has 5 heteroatoms. The lowest BCUT2D eigenvalue weighted by atomic mass is 10.0. The van der Waals surface area contributed by atoms with Crippen molar-refractivity contribution in [2.45, 2.75) is 13.3 Å². The summed E-state index contributed by atoms with van der Waals surface area (Å²) in [5.41, 5.74) is 2.95. The van der Waals surface area contributed by atoms with Crippen molar-refractivity contribution >= 4 is 43.4 Å². The zero-order chi connectivity index (χ0) is 20.4. The second-order valence-corrected chi connectivity index (χ2v) is 8.45. The third kappa shape index (κ3) is 4.02. The molecule has 4 rings (SSSR count). The van der Waals surface area contributed by atoms with Gasteiger partial charge in [-0.15, -0.1) is 0 Å². The molecule has 0 saturated carbocycles. The van der Waals surface area contributed by atoms with Crippen LogP contribution in [0.4, 0.5) is 5.13 Å². The lowest BCUT2D eigenvalue weighted by Gasteiger charge is -2.22. The van der Waals surface area contributed by atoms with E-state index in [2.05, 4.69) is 30.0 Å². The van der Waals surface area contributed by atoms with Gasteiger partial charge in [-0.2, -0.15) is 0 Å². The molecule has 0 aliphatic carbocycles. The first-order chi connectivity index (χ1) is 14.1. The van der Waals surface area contributed by atoms with Gasteiger partial charge < -0.3 is 4.90 Å². The van der Waals surface area contributed by atoms with Gasteiger partial charge in [0.25, 0.3) is 5.91 Å². The van der Waals surface area contributed by atoms with E-state index in [-0.39, 0.29) is 5.91 Å². The third-order valence-electron chi connectivity index (χ3n) is 5.12. The second-order valence-electron chi connectivity index (χ2n) is 7.44. The summed E-state index contributed by atoms with van der Waals surface area (Å²) in [6.45, 7) is 3.51. The normalized spacial score (nSPS) is 11.4. The van der Waals surface area contributed by atoms with Gasteiger partial charge in [-0.1, -0.05) is 60.7 Å². The van der Waals surface area contributed by atoms with Crippen LogP contribution in [0, 0.1) is 0 Å². The Hall–Kier alpha value is -2.76. The minimum Gasteiger partial charge on any atom is -0.308 e. The Morgan fingerprint density at radius 1 is 1.00 bits per heavy atom. The van der Waals surface area contributed by atoms with Crippen LogP contribution in [0.3, 0.4) is 0 Å². The van der Waals surface area contributed by atoms with E-state index in [9.17, 15) is 4.79 Å². The molecule has 0 N–H and O–H groups in total. The molecular formula is C24H25N3OS. The molecule has 3 aromatic carbocycles. The van der Waals surface area contributed by atoms with Gasteiger partial charge in [0.2, 0.25) is 0 Å². The topological polar surface area (TPSA) is 36.4 Å². The van der Waals surface area contributed by atoms with Crippen molar-refractivity contribution in [3.05, 3.63) is 71.8 Å². The van der Waals surface area contributed by atoms with Crippen molar-refractivity contribution in [1.82, 2.24) is 9.88 Å². The predicted molar refractivity (Wildman–Crippen MR) is 123 cm³/mol. The number of rotatable bonds is 6. The number of aryl methyl sites for hydroxylation is 1. The Morgan fingerprint density at radius 2 is 1.79 bits per heavy atom. The van der Waals surface area contributed by atoms with E-state index in [0.717, 1.165) is 44.6 Å². The number of likely N-dealkylation sites (N-methyl/N-ethyl adjacent to an activating group) is 1. The summed E-state index contributed by atoms with van der Waals surface area (Å²) in [7, 11) is 4.04. The zero-order valence-electron chi connectivity index (χ0n) is 17.1. The summed E-state index contributed by atoms with van der Waals surface area (Å²) in [4.78, 5) is 22.4. The van der Waals surface area contributed by atoms with Gasteiger partial charge in [0.1, 0.15) is 0 Å². The van der Waals surface area contributed by atoms with Gasteiger partial charge in [-0.25, -0.2) is 4.98 Å². The van der Waals surface area contributed by atoms with Crippen LogP contribution in [0.2, 0.25) is 0 Å². The fraction of sp³-hybridized carbons (Fsp3) is 0.250. The number of hydrogen-bond donors (Lipinski definition) is 0. The van der Waals surface area contributed by atoms with Crippen LogP contribution in [-0.2, 0) is 6.42 Å². The van der Waals surface area contributed by atoms with Crippen LogP contribution in [0.5, 0.6) is 0 Å². The number of hydrogen-bond acceptors (Lipinski definition) is 4. The van der Waals surface area contributed by atoms with Crippen molar-refractivity contribution < 1.29 is 4.79 Å². The van der Waals surface area contributed by atoms with Gasteiger partial charge >= 0.3 is 0 Å². The van der Waals surface area contributed by atoms with Gasteiger partial charge in [-0.3, -0.25) is 9.69 Å². The molecule has 0 atom stereocenters. The molecule has 1 aromatic heterocycles. The van der Waals surface area contributed by atoms with Gasteiger partial charge in [-0.05, 0) is 55.1 Å². The van der Waals surface area contributed by atoms with Crippen LogP contribution in [0.25, 0.3) is 21.0 Å². The Kier molecular flexibility index (Phi) is 5.60. The minimum absolute atomic E-state index is 0.00146. The maximum atomic E-state index is 13.6. The molecule has 1 amide bonds. The molecular weight excluding hydrogens is 378 g/mol. The van der Waals surface area contributed by atoms with E-state index in [1.807, 2.05) is 61.5 Å². The second kappa shape index (κ2) is 8.31. The van der Waals surface area contributed by atoms with Crippen LogP contribution in [-0.4, -0.2) is 43.0 Å². The number of anilines is 1. The smallest absolute Gasteiger partial charge is 0.260 e. The largest absolute Gasteiger partial charge is 0.308 e. The maximum Gasteiger partial charge on any atom is 0.260 e. The number of carbonyl (C=O) groups excluding carboxylic acids is 1. The molecule has 0 aliphatic heterocycles. The van der Waals surface area contributed by atoms with Gasteiger partial charge in [0.15, 0.2) is 5.13 Å². The summed E-state index contributed by atoms with van der Waals surface area (Å²) in [5.74, 6) is -0.00146. The Morgan fingerprint density at radius 3 is 2.59 bits per heavy atom. The predicted octanol–water partition coefficient (Wildman–Crippen LogP) is 5.22. The van der Waals surface area contributed by atoms with Crippen molar-refractivity contribution in [3.8, 4) is 0 Å².